The molecule has 0 aromatic rings. The maximum atomic E-state index is 5.39. The van der Waals surface area contributed by atoms with E-state index in [4.69, 9.17) is 10.6 Å². The molecule has 10 heavy (non-hydrogen) atoms. The molecule has 0 atom stereocenters. The fourth-order valence-corrected chi connectivity index (χ4v) is 0.620. The van der Waals surface area contributed by atoms with Crippen molar-refractivity contribution in [3.05, 3.63) is 11.8 Å². The zero-order valence-corrected chi connectivity index (χ0v) is 6.92. The molecule has 3 heteroatoms. The summed E-state index contributed by atoms with van der Waals surface area (Å²) in [4.78, 5) is 5.21. The van der Waals surface area contributed by atoms with Crippen molar-refractivity contribution < 1.29 is 4.84 Å². The van der Waals surface area contributed by atoms with Gasteiger partial charge in [-0.05, 0) is 12.5 Å². The third-order valence-electron chi connectivity index (χ3n) is 0.933. The van der Waals surface area contributed by atoms with Gasteiger partial charge in [0, 0.05) is 14.1 Å². The van der Waals surface area contributed by atoms with Crippen molar-refractivity contribution in [2.45, 2.75) is 13.3 Å². The van der Waals surface area contributed by atoms with Gasteiger partial charge in [0.05, 0.1) is 6.54 Å². The maximum absolute atomic E-state index is 5.39. The van der Waals surface area contributed by atoms with Crippen LogP contribution < -0.4 is 5.73 Å². The standard InChI is InChI=1S/C7H16N2O/c1-4-5-7(6-8)10-9(2)3/h5H,4,6,8H2,1-3H3/b7-5-. The Kier molecular flexibility index (Phi) is 4.98. The number of hydrogen-bond donors (Lipinski definition) is 1. The van der Waals surface area contributed by atoms with E-state index in [-0.39, 0.29) is 0 Å². The average Bonchev–Trinajstić information content (AvgIpc) is 1.86. The zero-order valence-electron chi connectivity index (χ0n) is 6.92. The highest BCUT2D eigenvalue weighted by Gasteiger charge is 1.94. The summed E-state index contributed by atoms with van der Waals surface area (Å²) in [6, 6.07) is 0. The first kappa shape index (κ1) is 9.46. The lowest BCUT2D eigenvalue weighted by Gasteiger charge is -2.13. The first-order valence-electron chi connectivity index (χ1n) is 3.45. The van der Waals surface area contributed by atoms with Crippen LogP contribution >= 0.6 is 0 Å². The van der Waals surface area contributed by atoms with Crippen molar-refractivity contribution in [1.82, 2.24) is 5.06 Å². The minimum absolute atomic E-state index is 0.464. The van der Waals surface area contributed by atoms with E-state index in [0.29, 0.717) is 6.54 Å². The van der Waals surface area contributed by atoms with Crippen molar-refractivity contribution in [3.63, 3.8) is 0 Å². The van der Waals surface area contributed by atoms with E-state index in [9.17, 15) is 0 Å². The third kappa shape index (κ3) is 4.35. The van der Waals surface area contributed by atoms with Gasteiger partial charge in [-0.25, -0.2) is 0 Å². The highest BCUT2D eigenvalue weighted by atomic mass is 16.7. The lowest BCUT2D eigenvalue weighted by Crippen LogP contribution is -2.16. The summed E-state index contributed by atoms with van der Waals surface area (Å²) >= 11 is 0. The van der Waals surface area contributed by atoms with Crippen molar-refractivity contribution in [3.8, 4) is 0 Å². The van der Waals surface area contributed by atoms with Gasteiger partial charge in [0.15, 0.2) is 0 Å². The van der Waals surface area contributed by atoms with E-state index >= 15 is 0 Å². The molecule has 0 heterocycles. The van der Waals surface area contributed by atoms with Crippen LogP contribution in [0.1, 0.15) is 13.3 Å². The lowest BCUT2D eigenvalue weighted by molar-refractivity contribution is -0.0745. The van der Waals surface area contributed by atoms with E-state index in [1.165, 1.54) is 0 Å². The Bertz CT molecular complexity index is 110. The summed E-state index contributed by atoms with van der Waals surface area (Å²) in [6.07, 6.45) is 2.93. The molecule has 0 aliphatic rings. The molecule has 0 saturated carbocycles. The normalized spacial score (nSPS) is 12.3. The molecule has 0 aromatic carbocycles. The molecular weight excluding hydrogens is 128 g/mol. The molecule has 0 aliphatic heterocycles. The molecule has 0 radical (unpaired) electrons. The Morgan fingerprint density at radius 2 is 2.20 bits per heavy atom. The van der Waals surface area contributed by atoms with Gasteiger partial charge in [-0.15, -0.1) is 0 Å². The predicted molar refractivity (Wildman–Crippen MR) is 42.2 cm³/mol. The second-order valence-electron chi connectivity index (χ2n) is 2.19. The van der Waals surface area contributed by atoms with Crippen molar-refractivity contribution in [2.75, 3.05) is 20.6 Å². The van der Waals surface area contributed by atoms with E-state index < -0.39 is 0 Å². The van der Waals surface area contributed by atoms with Gasteiger partial charge >= 0.3 is 0 Å². The summed E-state index contributed by atoms with van der Waals surface area (Å²) in [7, 11) is 3.66. The monoisotopic (exact) mass is 144 g/mol. The molecule has 0 rings (SSSR count). The van der Waals surface area contributed by atoms with Gasteiger partial charge in [0.2, 0.25) is 0 Å². The Labute approximate surface area is 62.4 Å². The Morgan fingerprint density at radius 1 is 1.60 bits per heavy atom. The highest BCUT2D eigenvalue weighted by molar-refractivity contribution is 4.92. The quantitative estimate of drug-likeness (QED) is 0.467. The summed E-state index contributed by atoms with van der Waals surface area (Å²) in [5, 5.41) is 1.63. The van der Waals surface area contributed by atoms with Crippen molar-refractivity contribution >= 4 is 0 Å². The van der Waals surface area contributed by atoms with Gasteiger partial charge in [-0.2, -0.15) is 5.06 Å². The van der Waals surface area contributed by atoms with Gasteiger partial charge in [-0.1, -0.05) is 6.92 Å². The van der Waals surface area contributed by atoms with Crippen LogP contribution in [0.3, 0.4) is 0 Å². The number of hydrogen-bond acceptors (Lipinski definition) is 3. The van der Waals surface area contributed by atoms with Gasteiger partial charge in [-0.3, -0.25) is 0 Å². The molecule has 0 unspecified atom stereocenters. The lowest BCUT2D eigenvalue weighted by atomic mass is 10.4. The highest BCUT2D eigenvalue weighted by Crippen LogP contribution is 1.97. The number of rotatable bonds is 4. The predicted octanol–water partition coefficient (Wildman–Crippen LogP) is 0.732. The first-order chi connectivity index (χ1) is 4.70. The number of allylic oxidation sites excluding steroid dienone is 1. The van der Waals surface area contributed by atoms with E-state index in [1.54, 1.807) is 5.06 Å². The van der Waals surface area contributed by atoms with Crippen LogP contribution in [0.25, 0.3) is 0 Å². The van der Waals surface area contributed by atoms with Gasteiger partial charge < -0.3 is 10.6 Å². The van der Waals surface area contributed by atoms with Crippen LogP contribution in [0.15, 0.2) is 11.8 Å². The fraction of sp³-hybridized carbons (Fsp3) is 0.714. The summed E-state index contributed by atoms with van der Waals surface area (Å²) < 4.78 is 0. The van der Waals surface area contributed by atoms with Crippen molar-refractivity contribution in [1.29, 1.82) is 0 Å². The average molecular weight is 144 g/mol. The van der Waals surface area contributed by atoms with E-state index in [1.807, 2.05) is 20.2 Å². The molecule has 0 fully saturated rings. The molecule has 60 valence electrons. The maximum Gasteiger partial charge on any atom is 0.134 e. The topological polar surface area (TPSA) is 38.5 Å². The second kappa shape index (κ2) is 5.26. The van der Waals surface area contributed by atoms with Crippen LogP contribution in [0.2, 0.25) is 0 Å². The number of nitrogens with zero attached hydrogens (tertiary/aromatic N) is 1. The van der Waals surface area contributed by atoms with Crippen molar-refractivity contribution in [2.24, 2.45) is 5.73 Å². The largest absolute Gasteiger partial charge is 0.410 e. The third-order valence-corrected chi connectivity index (χ3v) is 0.933. The molecule has 0 spiro atoms. The number of nitrogens with two attached hydrogens (primary N) is 1. The Hall–Kier alpha value is -0.540. The Balaban J connectivity index is 3.71. The molecule has 0 aliphatic carbocycles. The van der Waals surface area contributed by atoms with E-state index in [2.05, 4.69) is 6.92 Å². The molecule has 0 bridgehead atoms. The van der Waals surface area contributed by atoms with Crippen LogP contribution in [0, 0.1) is 0 Å². The van der Waals surface area contributed by atoms with Crippen LogP contribution in [-0.4, -0.2) is 25.7 Å². The smallest absolute Gasteiger partial charge is 0.134 e. The first-order valence-corrected chi connectivity index (χ1v) is 3.45. The molecule has 2 N–H and O–H groups in total. The fourth-order valence-electron chi connectivity index (χ4n) is 0.620. The van der Waals surface area contributed by atoms with Gasteiger partial charge in [0.25, 0.3) is 0 Å². The number of hydroxylamine groups is 2. The minimum atomic E-state index is 0.464. The molecule has 3 nitrogen and oxygen atoms in total. The molecule has 0 aromatic heterocycles. The summed E-state index contributed by atoms with van der Waals surface area (Å²) in [5.41, 5.74) is 5.39. The summed E-state index contributed by atoms with van der Waals surface area (Å²) in [5.74, 6) is 0.826. The minimum Gasteiger partial charge on any atom is -0.410 e. The second-order valence-corrected chi connectivity index (χ2v) is 2.19. The van der Waals surface area contributed by atoms with Crippen LogP contribution in [0.4, 0.5) is 0 Å². The van der Waals surface area contributed by atoms with E-state index in [0.717, 1.165) is 12.2 Å². The Morgan fingerprint density at radius 3 is 2.50 bits per heavy atom. The zero-order chi connectivity index (χ0) is 7.98. The molecule has 0 amide bonds. The molecule has 0 saturated heterocycles. The molecular formula is C7H16N2O. The van der Waals surface area contributed by atoms with Gasteiger partial charge in [0.1, 0.15) is 5.76 Å². The summed E-state index contributed by atoms with van der Waals surface area (Å²) in [6.45, 7) is 2.51. The van der Waals surface area contributed by atoms with Crippen LogP contribution in [-0.2, 0) is 4.84 Å². The van der Waals surface area contributed by atoms with Crippen LogP contribution in [0.5, 0.6) is 0 Å². The SMILES string of the molecule is CC/C=C(/CN)ON(C)C.